The Balaban J connectivity index is 1.41. The van der Waals surface area contributed by atoms with Gasteiger partial charge >= 0.3 is 0 Å². The van der Waals surface area contributed by atoms with Crippen molar-refractivity contribution in [2.24, 2.45) is 0 Å². The maximum atomic E-state index is 13.6. The Morgan fingerprint density at radius 1 is 1.21 bits per heavy atom. The van der Waals surface area contributed by atoms with E-state index in [1.807, 2.05) is 48.5 Å². The van der Waals surface area contributed by atoms with Gasteiger partial charge in [0.25, 0.3) is 5.91 Å². The average Bonchev–Trinajstić information content (AvgIpc) is 3.52. The zero-order chi connectivity index (χ0) is 23.5. The number of hydrogen-bond donors (Lipinski definition) is 2. The summed E-state index contributed by atoms with van der Waals surface area (Å²) in [6.07, 6.45) is 1.69. The van der Waals surface area contributed by atoms with Gasteiger partial charge < -0.3 is 24.8 Å². The summed E-state index contributed by atoms with van der Waals surface area (Å²) >= 11 is 0. The number of benzene rings is 3. The molecule has 2 aliphatic heterocycles. The van der Waals surface area contributed by atoms with Crippen molar-refractivity contribution in [2.45, 2.75) is 25.5 Å². The third-order valence-corrected chi connectivity index (χ3v) is 6.18. The lowest BCUT2D eigenvalue weighted by atomic mass is 10.1. The first-order valence-electron chi connectivity index (χ1n) is 11.4. The lowest BCUT2D eigenvalue weighted by Crippen LogP contribution is -2.29. The Bertz CT molecular complexity index is 1250. The van der Waals surface area contributed by atoms with Crippen LogP contribution in [0, 0.1) is 11.3 Å². The van der Waals surface area contributed by atoms with E-state index in [2.05, 4.69) is 11.4 Å². The molecule has 0 aliphatic carbocycles. The molecular weight excluding hydrogens is 430 g/mol. The minimum absolute atomic E-state index is 0.0630. The molecule has 0 spiro atoms. The van der Waals surface area contributed by atoms with Crippen LogP contribution >= 0.6 is 0 Å². The minimum atomic E-state index is -0.353. The van der Waals surface area contributed by atoms with Gasteiger partial charge in [-0.3, -0.25) is 4.79 Å². The van der Waals surface area contributed by atoms with Crippen molar-refractivity contribution in [3.63, 3.8) is 0 Å². The molecule has 2 N–H and O–H groups in total. The third-order valence-electron chi connectivity index (χ3n) is 6.18. The molecule has 0 radical (unpaired) electrons. The highest BCUT2D eigenvalue weighted by Gasteiger charge is 2.30. The number of nitriles is 1. The number of hydrogen-bond acceptors (Lipinski definition) is 6. The number of aromatic hydroxyl groups is 1. The highest BCUT2D eigenvalue weighted by atomic mass is 16.5. The first kappa shape index (κ1) is 21.8. The molecule has 172 valence electrons. The van der Waals surface area contributed by atoms with Crippen LogP contribution in [0.1, 0.15) is 33.5 Å². The number of phenols is 1. The first-order valence-corrected chi connectivity index (χ1v) is 11.4. The molecule has 2 heterocycles. The van der Waals surface area contributed by atoms with Crippen molar-refractivity contribution in [3.8, 4) is 17.6 Å². The highest BCUT2D eigenvalue weighted by molar-refractivity contribution is 6.11. The van der Waals surface area contributed by atoms with Crippen LogP contribution in [-0.2, 0) is 17.8 Å². The molecule has 34 heavy (non-hydrogen) atoms. The minimum Gasteiger partial charge on any atom is -0.507 e. The molecule has 1 unspecified atom stereocenters. The number of amides is 1. The number of anilines is 2. The molecule has 3 aromatic carbocycles. The standard InChI is InChI=1S/C27H25N3O4/c28-15-19-12-24(31)26(25(13-19)34-16-18-4-2-1-3-5-18)27(32)30-10-8-20-14-21(6-7-23(20)30)29-22-9-11-33-17-22/h1-7,12-14,22,29,31H,8-11,16-17H2. The molecule has 1 amide bonds. The Morgan fingerprint density at radius 3 is 2.82 bits per heavy atom. The fourth-order valence-corrected chi connectivity index (χ4v) is 4.45. The summed E-state index contributed by atoms with van der Waals surface area (Å²) in [6.45, 7) is 2.19. The Labute approximate surface area is 198 Å². The molecule has 2 aliphatic rings. The summed E-state index contributed by atoms with van der Waals surface area (Å²) in [7, 11) is 0. The van der Waals surface area contributed by atoms with E-state index in [0.717, 1.165) is 42.0 Å². The van der Waals surface area contributed by atoms with Crippen molar-refractivity contribution in [1.29, 1.82) is 5.26 Å². The van der Waals surface area contributed by atoms with E-state index in [1.54, 1.807) is 4.90 Å². The SMILES string of the molecule is N#Cc1cc(O)c(C(=O)N2CCc3cc(NC4CCOC4)ccc32)c(OCc2ccccc2)c1. The van der Waals surface area contributed by atoms with Gasteiger partial charge in [0.1, 0.15) is 23.7 Å². The summed E-state index contributed by atoms with van der Waals surface area (Å²) in [5, 5.41) is 23.5. The van der Waals surface area contributed by atoms with Crippen LogP contribution in [0.3, 0.4) is 0 Å². The molecule has 5 rings (SSSR count). The van der Waals surface area contributed by atoms with Gasteiger partial charge in [0.05, 0.1) is 24.3 Å². The van der Waals surface area contributed by atoms with Crippen LogP contribution in [0.25, 0.3) is 0 Å². The normalized spacial score (nSPS) is 16.7. The number of carbonyl (C=O) groups is 1. The van der Waals surface area contributed by atoms with Gasteiger partial charge in [0, 0.05) is 24.5 Å². The summed E-state index contributed by atoms with van der Waals surface area (Å²) in [6, 6.07) is 20.6. The number of nitrogens with one attached hydrogen (secondary N) is 1. The Kier molecular flexibility index (Phi) is 6.07. The van der Waals surface area contributed by atoms with E-state index in [1.165, 1.54) is 12.1 Å². The van der Waals surface area contributed by atoms with Crippen LogP contribution in [0.4, 0.5) is 11.4 Å². The van der Waals surface area contributed by atoms with Gasteiger partial charge in [-0.2, -0.15) is 5.26 Å². The largest absolute Gasteiger partial charge is 0.507 e. The van der Waals surface area contributed by atoms with Gasteiger partial charge in [-0.15, -0.1) is 0 Å². The molecule has 0 aromatic heterocycles. The van der Waals surface area contributed by atoms with E-state index in [-0.39, 0.29) is 35.1 Å². The van der Waals surface area contributed by atoms with Gasteiger partial charge in [0.2, 0.25) is 0 Å². The van der Waals surface area contributed by atoms with Crippen LogP contribution in [0.15, 0.2) is 60.7 Å². The number of fused-ring (bicyclic) bond motifs is 1. The van der Waals surface area contributed by atoms with E-state index in [4.69, 9.17) is 9.47 Å². The van der Waals surface area contributed by atoms with Crippen LogP contribution < -0.4 is 15.0 Å². The monoisotopic (exact) mass is 455 g/mol. The number of carbonyl (C=O) groups excluding carboxylic acids is 1. The quantitative estimate of drug-likeness (QED) is 0.577. The summed E-state index contributed by atoms with van der Waals surface area (Å²) in [5.74, 6) is -0.424. The van der Waals surface area contributed by atoms with E-state index in [9.17, 15) is 15.2 Å². The second kappa shape index (κ2) is 9.46. The zero-order valence-corrected chi connectivity index (χ0v) is 18.7. The maximum absolute atomic E-state index is 13.6. The second-order valence-electron chi connectivity index (χ2n) is 8.51. The van der Waals surface area contributed by atoms with Crippen molar-refractivity contribution >= 4 is 17.3 Å². The predicted molar refractivity (Wildman–Crippen MR) is 128 cm³/mol. The van der Waals surface area contributed by atoms with Gasteiger partial charge in [0.15, 0.2) is 0 Å². The van der Waals surface area contributed by atoms with E-state index < -0.39 is 0 Å². The Morgan fingerprint density at radius 2 is 2.06 bits per heavy atom. The fourth-order valence-electron chi connectivity index (χ4n) is 4.45. The van der Waals surface area contributed by atoms with Crippen molar-refractivity contribution in [1.82, 2.24) is 0 Å². The number of nitrogens with zero attached hydrogens (tertiary/aromatic N) is 2. The van der Waals surface area contributed by atoms with Crippen molar-refractivity contribution in [2.75, 3.05) is 30.0 Å². The molecule has 1 atom stereocenters. The number of phenolic OH excluding ortho intramolecular Hbond substituents is 1. The third kappa shape index (κ3) is 4.41. The topological polar surface area (TPSA) is 94.8 Å². The van der Waals surface area contributed by atoms with Crippen LogP contribution in [0.2, 0.25) is 0 Å². The second-order valence-corrected chi connectivity index (χ2v) is 8.51. The number of ether oxygens (including phenoxy) is 2. The van der Waals surface area contributed by atoms with Crippen molar-refractivity contribution in [3.05, 3.63) is 82.9 Å². The van der Waals surface area contributed by atoms with Crippen molar-refractivity contribution < 1.29 is 19.4 Å². The fraction of sp³-hybridized carbons (Fsp3) is 0.259. The summed E-state index contributed by atoms with van der Waals surface area (Å²) in [4.78, 5) is 15.3. The van der Waals surface area contributed by atoms with Crippen LogP contribution in [0.5, 0.6) is 11.5 Å². The van der Waals surface area contributed by atoms with Gasteiger partial charge in [-0.25, -0.2) is 0 Å². The molecular formula is C27H25N3O4. The molecule has 3 aromatic rings. The lowest BCUT2D eigenvalue weighted by Gasteiger charge is -2.21. The lowest BCUT2D eigenvalue weighted by molar-refractivity contribution is 0.0982. The molecule has 7 nitrogen and oxygen atoms in total. The Hall–Kier alpha value is -4.02. The van der Waals surface area contributed by atoms with E-state index in [0.29, 0.717) is 19.2 Å². The van der Waals surface area contributed by atoms with E-state index >= 15 is 0 Å². The maximum Gasteiger partial charge on any atom is 0.265 e. The average molecular weight is 456 g/mol. The number of rotatable bonds is 6. The molecule has 0 bridgehead atoms. The molecule has 1 fully saturated rings. The van der Waals surface area contributed by atoms with Crippen LogP contribution in [-0.4, -0.2) is 36.8 Å². The molecule has 1 saturated heterocycles. The van der Waals surface area contributed by atoms with Gasteiger partial charge in [-0.1, -0.05) is 30.3 Å². The molecule has 0 saturated carbocycles. The van der Waals surface area contributed by atoms with Gasteiger partial charge in [-0.05, 0) is 54.3 Å². The zero-order valence-electron chi connectivity index (χ0n) is 18.7. The first-order chi connectivity index (χ1) is 16.6. The summed E-state index contributed by atoms with van der Waals surface area (Å²) in [5.41, 5.74) is 4.10. The summed E-state index contributed by atoms with van der Waals surface area (Å²) < 4.78 is 11.4. The highest BCUT2D eigenvalue weighted by Crippen LogP contribution is 2.37. The molecule has 7 heteroatoms. The smallest absolute Gasteiger partial charge is 0.265 e. The predicted octanol–water partition coefficient (Wildman–Crippen LogP) is 4.25.